The van der Waals surface area contributed by atoms with Crippen LogP contribution in [-0.2, 0) is 28.9 Å². The molecular formula is C26H35N3O3. The minimum atomic E-state index is 0.164. The first-order valence-corrected chi connectivity index (χ1v) is 12.0. The van der Waals surface area contributed by atoms with Gasteiger partial charge in [-0.1, -0.05) is 29.4 Å². The molecule has 0 bridgehead atoms. The summed E-state index contributed by atoms with van der Waals surface area (Å²) in [6, 6.07) is 8.72. The van der Waals surface area contributed by atoms with Crippen molar-refractivity contribution < 1.29 is 14.1 Å². The molecule has 1 aromatic carbocycles. The van der Waals surface area contributed by atoms with Gasteiger partial charge in [-0.15, -0.1) is 0 Å². The lowest BCUT2D eigenvalue weighted by atomic mass is 9.89. The van der Waals surface area contributed by atoms with Crippen LogP contribution in [-0.4, -0.2) is 41.5 Å². The third-order valence-corrected chi connectivity index (χ3v) is 6.95. The first-order chi connectivity index (χ1) is 15.5. The van der Waals surface area contributed by atoms with E-state index in [1.165, 1.54) is 24.0 Å². The molecule has 6 heteroatoms. The Morgan fingerprint density at radius 3 is 2.34 bits per heavy atom. The Balaban J connectivity index is 1.17. The number of carbonyl (C=O) groups excluding carboxylic acids is 2. The van der Waals surface area contributed by atoms with Gasteiger partial charge in [-0.3, -0.25) is 9.59 Å². The number of benzene rings is 1. The normalized spacial score (nSPS) is 16.9. The van der Waals surface area contributed by atoms with Crippen molar-refractivity contribution in [2.75, 3.05) is 19.6 Å². The molecule has 1 aliphatic heterocycles. The Morgan fingerprint density at radius 2 is 1.72 bits per heavy atom. The number of piperidine rings is 1. The van der Waals surface area contributed by atoms with Crippen molar-refractivity contribution in [3.8, 4) is 0 Å². The summed E-state index contributed by atoms with van der Waals surface area (Å²) < 4.78 is 5.18. The van der Waals surface area contributed by atoms with E-state index in [0.29, 0.717) is 18.8 Å². The lowest BCUT2D eigenvalue weighted by Gasteiger charge is -2.32. The molecule has 2 aromatic rings. The van der Waals surface area contributed by atoms with Crippen molar-refractivity contribution in [1.82, 2.24) is 15.4 Å². The molecule has 2 heterocycles. The van der Waals surface area contributed by atoms with Gasteiger partial charge in [-0.25, -0.2) is 0 Å². The van der Waals surface area contributed by atoms with Gasteiger partial charge in [0, 0.05) is 31.6 Å². The van der Waals surface area contributed by atoms with E-state index in [-0.39, 0.29) is 11.8 Å². The average Bonchev–Trinajstić information content (AvgIpc) is 3.58. The lowest BCUT2D eigenvalue weighted by Crippen LogP contribution is -2.39. The van der Waals surface area contributed by atoms with Gasteiger partial charge in [0.15, 0.2) is 0 Å². The average molecular weight is 438 g/mol. The minimum Gasteiger partial charge on any atom is -0.361 e. The molecule has 2 amide bonds. The van der Waals surface area contributed by atoms with Crippen LogP contribution in [0.1, 0.15) is 60.2 Å². The van der Waals surface area contributed by atoms with E-state index in [2.05, 4.69) is 34.7 Å². The summed E-state index contributed by atoms with van der Waals surface area (Å²) in [5.41, 5.74) is 4.30. The number of likely N-dealkylation sites (tertiary alicyclic amines) is 1. The summed E-state index contributed by atoms with van der Waals surface area (Å²) in [5.74, 6) is 2.41. The number of carbonyl (C=O) groups is 2. The molecular weight excluding hydrogens is 402 g/mol. The summed E-state index contributed by atoms with van der Waals surface area (Å²) in [7, 11) is 0. The number of nitrogens with zero attached hydrogens (tertiary/aromatic N) is 2. The Hall–Kier alpha value is -2.63. The van der Waals surface area contributed by atoms with Gasteiger partial charge in [-0.2, -0.15) is 0 Å². The third-order valence-electron chi connectivity index (χ3n) is 6.95. The molecule has 32 heavy (non-hydrogen) atoms. The predicted molar refractivity (Wildman–Crippen MR) is 123 cm³/mol. The molecule has 1 aromatic heterocycles. The molecule has 2 fully saturated rings. The van der Waals surface area contributed by atoms with E-state index in [0.717, 1.165) is 68.3 Å². The van der Waals surface area contributed by atoms with Crippen LogP contribution in [0.15, 0.2) is 28.8 Å². The van der Waals surface area contributed by atoms with Gasteiger partial charge in [0.05, 0.1) is 12.1 Å². The number of rotatable bonds is 9. The lowest BCUT2D eigenvalue weighted by molar-refractivity contribution is -0.131. The smallest absolute Gasteiger partial charge is 0.227 e. The van der Waals surface area contributed by atoms with Gasteiger partial charge in [0.1, 0.15) is 5.76 Å². The molecule has 2 aliphatic rings. The molecule has 0 spiro atoms. The molecule has 4 rings (SSSR count). The van der Waals surface area contributed by atoms with Gasteiger partial charge in [0.25, 0.3) is 0 Å². The zero-order chi connectivity index (χ0) is 22.5. The van der Waals surface area contributed by atoms with E-state index in [1.54, 1.807) is 0 Å². The van der Waals surface area contributed by atoms with E-state index in [9.17, 15) is 9.59 Å². The van der Waals surface area contributed by atoms with Crippen LogP contribution in [0.5, 0.6) is 0 Å². The molecule has 1 saturated heterocycles. The van der Waals surface area contributed by atoms with Crippen molar-refractivity contribution in [2.45, 2.75) is 65.2 Å². The van der Waals surface area contributed by atoms with Gasteiger partial charge >= 0.3 is 0 Å². The molecule has 172 valence electrons. The Labute approximate surface area is 190 Å². The molecule has 0 radical (unpaired) electrons. The number of aromatic nitrogens is 1. The second-order valence-electron chi connectivity index (χ2n) is 9.57. The standard InChI is InChI=1S/C26H35N3O3/c1-18-24(19(2)32-28-18)16-26(31)29-13-11-22(12-14-29)15-21-5-3-20(4-6-21)9-10-25(30)27-17-23-7-8-23/h3-6,22-23H,7-17H2,1-2H3,(H,27,30). The maximum Gasteiger partial charge on any atom is 0.227 e. The first-order valence-electron chi connectivity index (χ1n) is 12.0. The monoisotopic (exact) mass is 437 g/mol. The van der Waals surface area contributed by atoms with Gasteiger partial charge < -0.3 is 14.7 Å². The number of nitrogens with one attached hydrogen (secondary N) is 1. The molecule has 0 unspecified atom stereocenters. The number of hydrogen-bond acceptors (Lipinski definition) is 4. The van der Waals surface area contributed by atoms with Crippen molar-refractivity contribution >= 4 is 11.8 Å². The SMILES string of the molecule is Cc1noc(C)c1CC(=O)N1CCC(Cc2ccc(CCC(=O)NCC3CC3)cc2)CC1. The second kappa shape index (κ2) is 10.3. The fourth-order valence-electron chi connectivity index (χ4n) is 4.51. The van der Waals surface area contributed by atoms with Crippen molar-refractivity contribution in [2.24, 2.45) is 11.8 Å². The van der Waals surface area contributed by atoms with E-state index < -0.39 is 0 Å². The molecule has 1 aliphatic carbocycles. The fraction of sp³-hybridized carbons (Fsp3) is 0.577. The maximum atomic E-state index is 12.7. The van der Waals surface area contributed by atoms with Crippen LogP contribution in [0.3, 0.4) is 0 Å². The maximum absolute atomic E-state index is 12.7. The fourth-order valence-corrected chi connectivity index (χ4v) is 4.51. The van der Waals surface area contributed by atoms with Crippen LogP contribution < -0.4 is 5.32 Å². The number of aryl methyl sites for hydroxylation is 3. The topological polar surface area (TPSA) is 75.4 Å². The quantitative estimate of drug-likeness (QED) is 0.648. The first kappa shape index (κ1) is 22.6. The second-order valence-corrected chi connectivity index (χ2v) is 9.57. The van der Waals surface area contributed by atoms with Crippen LogP contribution in [0.4, 0.5) is 0 Å². The molecule has 6 nitrogen and oxygen atoms in total. The van der Waals surface area contributed by atoms with E-state index >= 15 is 0 Å². The highest BCUT2D eigenvalue weighted by Crippen LogP contribution is 2.27. The van der Waals surface area contributed by atoms with Gasteiger partial charge in [-0.05, 0) is 75.3 Å². The zero-order valence-corrected chi connectivity index (χ0v) is 19.4. The molecule has 0 atom stereocenters. The van der Waals surface area contributed by atoms with Crippen LogP contribution in [0.2, 0.25) is 0 Å². The predicted octanol–water partition coefficient (Wildman–Crippen LogP) is 3.77. The van der Waals surface area contributed by atoms with E-state index in [1.807, 2.05) is 18.7 Å². The van der Waals surface area contributed by atoms with Gasteiger partial charge in [0.2, 0.25) is 11.8 Å². The summed E-state index contributed by atoms with van der Waals surface area (Å²) in [6.45, 7) is 6.24. The zero-order valence-electron chi connectivity index (χ0n) is 19.4. The van der Waals surface area contributed by atoms with E-state index in [4.69, 9.17) is 4.52 Å². The minimum absolute atomic E-state index is 0.164. The van der Waals surface area contributed by atoms with Crippen molar-refractivity contribution in [3.05, 3.63) is 52.4 Å². The third kappa shape index (κ3) is 6.21. The van der Waals surface area contributed by atoms with Crippen LogP contribution in [0, 0.1) is 25.7 Å². The summed E-state index contributed by atoms with van der Waals surface area (Å²) in [6.07, 6.45) is 7.39. The van der Waals surface area contributed by atoms with Crippen molar-refractivity contribution in [1.29, 1.82) is 0 Å². The number of hydrogen-bond donors (Lipinski definition) is 1. The Kier molecular flexibility index (Phi) is 7.28. The summed E-state index contributed by atoms with van der Waals surface area (Å²) >= 11 is 0. The highest BCUT2D eigenvalue weighted by Gasteiger charge is 2.25. The Morgan fingerprint density at radius 1 is 1.03 bits per heavy atom. The number of amides is 2. The molecule has 1 N–H and O–H groups in total. The van der Waals surface area contributed by atoms with Crippen LogP contribution in [0.25, 0.3) is 0 Å². The summed E-state index contributed by atoms with van der Waals surface area (Å²) in [4.78, 5) is 26.6. The Bertz CT molecular complexity index is 903. The highest BCUT2D eigenvalue weighted by atomic mass is 16.5. The molecule has 1 saturated carbocycles. The van der Waals surface area contributed by atoms with Crippen LogP contribution >= 0.6 is 0 Å². The largest absolute Gasteiger partial charge is 0.361 e. The summed E-state index contributed by atoms with van der Waals surface area (Å²) in [5, 5.41) is 6.99. The highest BCUT2D eigenvalue weighted by molar-refractivity contribution is 5.79. The van der Waals surface area contributed by atoms with Crippen molar-refractivity contribution in [3.63, 3.8) is 0 Å².